The quantitative estimate of drug-likeness (QED) is 0.669. The lowest BCUT2D eigenvalue weighted by atomic mass is 10.1. The number of rotatable bonds is 5. The van der Waals surface area contributed by atoms with Gasteiger partial charge >= 0.3 is 0 Å². The van der Waals surface area contributed by atoms with Crippen LogP contribution < -0.4 is 5.32 Å². The van der Waals surface area contributed by atoms with E-state index in [-0.39, 0.29) is 5.91 Å². The van der Waals surface area contributed by atoms with Crippen molar-refractivity contribution in [2.24, 2.45) is 0 Å². The van der Waals surface area contributed by atoms with E-state index in [1.54, 1.807) is 0 Å². The van der Waals surface area contributed by atoms with Crippen molar-refractivity contribution in [2.45, 2.75) is 45.1 Å². The van der Waals surface area contributed by atoms with E-state index in [2.05, 4.69) is 20.1 Å². The number of nitrogens with zero attached hydrogens (tertiary/aromatic N) is 3. The first-order valence-corrected chi connectivity index (χ1v) is 10.1. The molecule has 0 radical (unpaired) electrons. The normalized spacial score (nSPS) is 13.6. The molecule has 0 aliphatic carbocycles. The average Bonchev–Trinajstić information content (AvgIpc) is 2.96. The molecule has 2 aromatic carbocycles. The molecule has 6 heteroatoms. The lowest BCUT2D eigenvalue weighted by Crippen LogP contribution is -2.12. The largest absolute Gasteiger partial charge is 0.326 e. The van der Waals surface area contributed by atoms with Crippen molar-refractivity contribution < 1.29 is 4.79 Å². The van der Waals surface area contributed by atoms with Gasteiger partial charge in [-0.1, -0.05) is 48.4 Å². The summed E-state index contributed by atoms with van der Waals surface area (Å²) < 4.78 is 2.16. The number of halogens is 1. The van der Waals surface area contributed by atoms with Crippen molar-refractivity contribution in [3.63, 3.8) is 0 Å². The maximum Gasteiger partial charge on any atom is 0.224 e. The predicted molar refractivity (Wildman–Crippen MR) is 111 cm³/mol. The number of hydrogen-bond donors (Lipinski definition) is 1. The third-order valence-corrected chi connectivity index (χ3v) is 5.41. The summed E-state index contributed by atoms with van der Waals surface area (Å²) in [5.74, 6) is 1.78. The van der Waals surface area contributed by atoms with Crippen LogP contribution in [0.15, 0.2) is 48.5 Å². The summed E-state index contributed by atoms with van der Waals surface area (Å²) in [5.41, 5.74) is 2.69. The molecule has 0 unspecified atom stereocenters. The van der Waals surface area contributed by atoms with Crippen LogP contribution in [0.1, 0.15) is 37.1 Å². The first-order chi connectivity index (χ1) is 13.7. The van der Waals surface area contributed by atoms with Gasteiger partial charge in [0.2, 0.25) is 5.91 Å². The van der Waals surface area contributed by atoms with Crippen LogP contribution in [0.4, 0.5) is 5.69 Å². The van der Waals surface area contributed by atoms with E-state index < -0.39 is 0 Å². The summed E-state index contributed by atoms with van der Waals surface area (Å²) in [6.07, 6.45) is 5.55. The number of hydrogen-bond acceptors (Lipinski definition) is 3. The van der Waals surface area contributed by atoms with Gasteiger partial charge in [-0.3, -0.25) is 4.79 Å². The highest BCUT2D eigenvalue weighted by Crippen LogP contribution is 2.31. The fourth-order valence-electron chi connectivity index (χ4n) is 3.58. The molecule has 0 saturated heterocycles. The summed E-state index contributed by atoms with van der Waals surface area (Å²) >= 11 is 6.45. The van der Waals surface area contributed by atoms with Crippen LogP contribution in [0.25, 0.3) is 11.4 Å². The van der Waals surface area contributed by atoms with Crippen LogP contribution in [0.2, 0.25) is 5.02 Å². The van der Waals surface area contributed by atoms with Crippen LogP contribution >= 0.6 is 11.6 Å². The van der Waals surface area contributed by atoms with Gasteiger partial charge in [-0.25, -0.2) is 0 Å². The predicted octanol–water partition coefficient (Wildman–Crippen LogP) is 4.90. The van der Waals surface area contributed by atoms with Crippen LogP contribution in [0.3, 0.4) is 0 Å². The zero-order valence-electron chi connectivity index (χ0n) is 15.7. The Bertz CT molecular complexity index is 968. The maximum atomic E-state index is 12.4. The minimum absolute atomic E-state index is 0.0165. The molecule has 1 aromatic heterocycles. The third kappa shape index (κ3) is 4.25. The number of fused-ring (bicyclic) bond motifs is 1. The van der Waals surface area contributed by atoms with Gasteiger partial charge in [0, 0.05) is 30.6 Å². The van der Waals surface area contributed by atoms with Gasteiger partial charge < -0.3 is 9.88 Å². The minimum atomic E-state index is -0.0165. The van der Waals surface area contributed by atoms with Crippen LogP contribution in [0, 0.1) is 0 Å². The summed E-state index contributed by atoms with van der Waals surface area (Å²) in [5, 5.41) is 12.3. The fourth-order valence-corrected chi connectivity index (χ4v) is 3.79. The number of anilines is 1. The monoisotopic (exact) mass is 394 g/mol. The number of carbonyl (C=O) groups is 1. The van der Waals surface area contributed by atoms with Crippen molar-refractivity contribution in [1.82, 2.24) is 14.8 Å². The van der Waals surface area contributed by atoms with Crippen LogP contribution in [-0.4, -0.2) is 20.7 Å². The van der Waals surface area contributed by atoms with Crippen LogP contribution in [0.5, 0.6) is 0 Å². The van der Waals surface area contributed by atoms with Crippen LogP contribution in [-0.2, 0) is 24.2 Å². The Morgan fingerprint density at radius 2 is 1.93 bits per heavy atom. The Hall–Kier alpha value is -2.66. The molecular weight excluding hydrogens is 372 g/mol. The Labute approximate surface area is 169 Å². The van der Waals surface area contributed by atoms with Crippen molar-refractivity contribution in [1.29, 1.82) is 0 Å². The molecule has 0 saturated carbocycles. The Balaban J connectivity index is 1.50. The highest BCUT2D eigenvalue weighted by molar-refractivity contribution is 6.33. The first kappa shape index (κ1) is 18.7. The Morgan fingerprint density at radius 3 is 2.79 bits per heavy atom. The van der Waals surface area contributed by atoms with E-state index in [9.17, 15) is 4.79 Å². The van der Waals surface area contributed by atoms with Crippen molar-refractivity contribution in [3.05, 3.63) is 64.9 Å². The van der Waals surface area contributed by atoms with Gasteiger partial charge in [0.1, 0.15) is 5.82 Å². The van der Waals surface area contributed by atoms with Crippen molar-refractivity contribution in [2.75, 3.05) is 5.32 Å². The van der Waals surface area contributed by atoms with Crippen molar-refractivity contribution >= 4 is 23.2 Å². The Kier molecular flexibility index (Phi) is 5.72. The number of nitrogens with one attached hydrogen (secondary N) is 1. The van der Waals surface area contributed by atoms with Gasteiger partial charge in [0.25, 0.3) is 0 Å². The van der Waals surface area contributed by atoms with Crippen molar-refractivity contribution in [3.8, 4) is 11.4 Å². The molecule has 28 heavy (non-hydrogen) atoms. The lowest BCUT2D eigenvalue weighted by Gasteiger charge is -2.11. The fraction of sp³-hybridized carbons (Fsp3) is 0.318. The molecule has 1 amide bonds. The van der Waals surface area contributed by atoms with Gasteiger partial charge in [0.15, 0.2) is 5.82 Å². The zero-order chi connectivity index (χ0) is 19.3. The van der Waals surface area contributed by atoms with E-state index in [1.807, 2.05) is 48.5 Å². The maximum absolute atomic E-state index is 12.4. The lowest BCUT2D eigenvalue weighted by molar-refractivity contribution is -0.116. The minimum Gasteiger partial charge on any atom is -0.326 e. The number of carbonyl (C=O) groups excluding carboxylic acids is 1. The highest BCUT2D eigenvalue weighted by atomic mass is 35.5. The van der Waals surface area contributed by atoms with E-state index in [1.165, 1.54) is 6.42 Å². The second kappa shape index (κ2) is 8.57. The van der Waals surface area contributed by atoms with Gasteiger partial charge in [-0.2, -0.15) is 0 Å². The molecule has 144 valence electrons. The topological polar surface area (TPSA) is 59.8 Å². The van der Waals surface area contributed by atoms with E-state index in [0.717, 1.165) is 54.3 Å². The smallest absolute Gasteiger partial charge is 0.224 e. The molecule has 1 aliphatic rings. The standard InChI is InChI=1S/C22H23ClN4O/c23-19-12-11-17(24-21(28)13-10-16-7-3-1-4-8-16)15-18(19)22-26-25-20-9-5-2-6-14-27(20)22/h1,3-4,7-8,11-12,15H,2,5-6,9-10,13-14H2,(H,24,28). The number of benzene rings is 2. The zero-order valence-corrected chi connectivity index (χ0v) is 16.5. The first-order valence-electron chi connectivity index (χ1n) is 9.76. The van der Waals surface area contributed by atoms with E-state index >= 15 is 0 Å². The molecular formula is C22H23ClN4O. The summed E-state index contributed by atoms with van der Waals surface area (Å²) in [6, 6.07) is 15.5. The number of amides is 1. The van der Waals surface area contributed by atoms with Gasteiger partial charge in [-0.15, -0.1) is 10.2 Å². The second-order valence-electron chi connectivity index (χ2n) is 7.13. The molecule has 0 bridgehead atoms. The number of aromatic nitrogens is 3. The van der Waals surface area contributed by atoms with E-state index in [4.69, 9.17) is 11.6 Å². The molecule has 1 N–H and O–H groups in total. The molecule has 2 heterocycles. The third-order valence-electron chi connectivity index (χ3n) is 5.08. The van der Waals surface area contributed by atoms with E-state index in [0.29, 0.717) is 17.9 Å². The molecule has 0 spiro atoms. The average molecular weight is 395 g/mol. The number of aryl methyl sites for hydroxylation is 2. The molecule has 4 rings (SSSR count). The highest BCUT2D eigenvalue weighted by Gasteiger charge is 2.18. The molecule has 0 atom stereocenters. The molecule has 1 aliphatic heterocycles. The van der Waals surface area contributed by atoms with Gasteiger partial charge in [0.05, 0.1) is 5.02 Å². The summed E-state index contributed by atoms with van der Waals surface area (Å²) in [4.78, 5) is 12.4. The second-order valence-corrected chi connectivity index (χ2v) is 7.54. The Morgan fingerprint density at radius 1 is 1.07 bits per heavy atom. The summed E-state index contributed by atoms with van der Waals surface area (Å²) in [7, 11) is 0. The molecule has 5 nitrogen and oxygen atoms in total. The molecule has 3 aromatic rings. The SMILES string of the molecule is O=C(CCc1ccccc1)Nc1ccc(Cl)c(-c2nnc3n2CCCCC3)c1. The van der Waals surface area contributed by atoms with Gasteiger partial charge in [-0.05, 0) is 43.0 Å². The molecule has 0 fully saturated rings. The summed E-state index contributed by atoms with van der Waals surface area (Å²) in [6.45, 7) is 0.904.